The van der Waals surface area contributed by atoms with Gasteiger partial charge in [-0.25, -0.2) is 4.79 Å². The Hall–Kier alpha value is -3.00. The van der Waals surface area contributed by atoms with Crippen molar-refractivity contribution >= 4 is 5.97 Å². The zero-order chi connectivity index (χ0) is 32.0. The lowest BCUT2D eigenvalue weighted by Gasteiger charge is -2.28. The molecule has 0 spiro atoms. The van der Waals surface area contributed by atoms with E-state index in [0.29, 0.717) is 35.8 Å². The minimum absolute atomic E-state index is 0.327. The minimum Gasteiger partial charge on any atom is -0.494 e. The average molecular weight is 618 g/mol. The van der Waals surface area contributed by atoms with Crippen molar-refractivity contribution in [1.29, 1.82) is 5.26 Å². The van der Waals surface area contributed by atoms with Crippen LogP contribution in [-0.4, -0.2) is 19.2 Å². The fourth-order valence-corrected chi connectivity index (χ4v) is 6.47. The van der Waals surface area contributed by atoms with Gasteiger partial charge < -0.3 is 14.2 Å². The van der Waals surface area contributed by atoms with Crippen LogP contribution in [0.3, 0.4) is 0 Å². The van der Waals surface area contributed by atoms with Crippen LogP contribution in [0.1, 0.15) is 158 Å². The van der Waals surface area contributed by atoms with Crippen LogP contribution in [0.5, 0.6) is 17.2 Å². The summed E-state index contributed by atoms with van der Waals surface area (Å²) in [6.45, 7) is 5.82. The van der Waals surface area contributed by atoms with Crippen LogP contribution in [0, 0.1) is 23.2 Å². The first-order chi connectivity index (χ1) is 22.1. The van der Waals surface area contributed by atoms with Gasteiger partial charge in [0.15, 0.2) is 0 Å². The van der Waals surface area contributed by atoms with Crippen molar-refractivity contribution in [2.45, 2.75) is 142 Å². The molecule has 0 radical (unpaired) electrons. The minimum atomic E-state index is -0.499. The molecule has 0 amide bonds. The largest absolute Gasteiger partial charge is 0.494 e. The first-order valence-corrected chi connectivity index (χ1v) is 18.2. The maximum atomic E-state index is 12.8. The van der Waals surface area contributed by atoms with Crippen LogP contribution in [0.4, 0.5) is 0 Å². The molecule has 1 aliphatic carbocycles. The van der Waals surface area contributed by atoms with Gasteiger partial charge in [0, 0.05) is 0 Å². The average Bonchev–Trinajstić information content (AvgIpc) is 3.07. The number of ether oxygens (including phenoxy) is 3. The van der Waals surface area contributed by atoms with E-state index in [-0.39, 0.29) is 0 Å². The second kappa shape index (κ2) is 22.5. The second-order valence-corrected chi connectivity index (χ2v) is 13.1. The normalized spacial score (nSPS) is 16.2. The van der Waals surface area contributed by atoms with Crippen molar-refractivity contribution in [2.75, 3.05) is 13.2 Å². The standard InChI is InChI=1S/C40H59NO4/c1-3-5-7-8-9-10-11-12-13-15-29-44-39-28-23-35(31-36(39)32-41)40(42)45-38-26-24-37(25-27-38)43-30-16-18-34-21-19-33(20-22-34)17-14-6-4-2/h23-28,31,33-34H,3-22,29-30H2,1-2H3/t33-,34-. The zero-order valence-corrected chi connectivity index (χ0v) is 28.3. The van der Waals surface area contributed by atoms with Gasteiger partial charge in [-0.2, -0.15) is 5.26 Å². The highest BCUT2D eigenvalue weighted by molar-refractivity contribution is 5.91. The molecule has 0 atom stereocenters. The van der Waals surface area contributed by atoms with Gasteiger partial charge in [-0.1, -0.05) is 123 Å². The van der Waals surface area contributed by atoms with E-state index in [1.807, 2.05) is 12.1 Å². The number of rotatable bonds is 23. The SMILES string of the molecule is CCCCCCCCCCCCOc1ccc(C(=O)Oc2ccc(OCCC[C@H]3CC[C@H](CCCCC)CC3)cc2)cc1C#N. The molecular weight excluding hydrogens is 558 g/mol. The Labute approximate surface area is 274 Å². The van der Waals surface area contributed by atoms with Gasteiger partial charge in [0.2, 0.25) is 0 Å². The number of hydrogen-bond donors (Lipinski definition) is 0. The molecule has 3 rings (SSSR count). The molecule has 0 N–H and O–H groups in total. The second-order valence-electron chi connectivity index (χ2n) is 13.1. The molecule has 0 aromatic heterocycles. The molecule has 5 heteroatoms. The Morgan fingerprint density at radius 1 is 0.667 bits per heavy atom. The van der Waals surface area contributed by atoms with E-state index < -0.39 is 5.97 Å². The molecule has 0 unspecified atom stereocenters. The number of benzene rings is 2. The first-order valence-electron chi connectivity index (χ1n) is 18.2. The molecule has 1 fully saturated rings. The predicted octanol–water partition coefficient (Wildman–Crippen LogP) is 11.6. The van der Waals surface area contributed by atoms with E-state index in [2.05, 4.69) is 19.9 Å². The number of unbranched alkanes of at least 4 members (excludes halogenated alkanes) is 11. The first kappa shape index (κ1) is 36.5. The summed E-state index contributed by atoms with van der Waals surface area (Å²) in [6.07, 6.45) is 26.0. The van der Waals surface area contributed by atoms with Crippen molar-refractivity contribution in [2.24, 2.45) is 11.8 Å². The van der Waals surface area contributed by atoms with Crippen LogP contribution in [0.2, 0.25) is 0 Å². The van der Waals surface area contributed by atoms with E-state index >= 15 is 0 Å². The fraction of sp³-hybridized carbons (Fsp3) is 0.650. The van der Waals surface area contributed by atoms with E-state index in [0.717, 1.165) is 36.8 Å². The van der Waals surface area contributed by atoms with Gasteiger partial charge in [-0.05, 0) is 73.6 Å². The third-order valence-corrected chi connectivity index (χ3v) is 9.33. The number of carbonyl (C=O) groups is 1. The Morgan fingerprint density at radius 2 is 1.20 bits per heavy atom. The van der Waals surface area contributed by atoms with Gasteiger partial charge in [-0.15, -0.1) is 0 Å². The molecule has 5 nitrogen and oxygen atoms in total. The summed E-state index contributed by atoms with van der Waals surface area (Å²) in [4.78, 5) is 12.8. The maximum absolute atomic E-state index is 12.8. The van der Waals surface area contributed by atoms with Gasteiger partial charge in [0.1, 0.15) is 23.3 Å². The van der Waals surface area contributed by atoms with E-state index in [4.69, 9.17) is 14.2 Å². The third-order valence-electron chi connectivity index (χ3n) is 9.33. The molecule has 0 aliphatic heterocycles. The molecular formula is C40H59NO4. The Bertz CT molecular complexity index is 1110. The van der Waals surface area contributed by atoms with E-state index in [9.17, 15) is 10.1 Å². The molecule has 0 saturated heterocycles. The lowest BCUT2D eigenvalue weighted by molar-refractivity contribution is 0.0734. The topological polar surface area (TPSA) is 68.6 Å². The Balaban J connectivity index is 1.30. The number of nitrogens with zero attached hydrogens (tertiary/aromatic N) is 1. The van der Waals surface area contributed by atoms with Crippen molar-refractivity contribution in [3.05, 3.63) is 53.6 Å². The van der Waals surface area contributed by atoms with Gasteiger partial charge in [0.05, 0.1) is 24.3 Å². The van der Waals surface area contributed by atoms with Crippen LogP contribution in [-0.2, 0) is 0 Å². The van der Waals surface area contributed by atoms with Gasteiger partial charge in [-0.3, -0.25) is 0 Å². The number of nitriles is 1. The van der Waals surface area contributed by atoms with Crippen molar-refractivity contribution in [3.8, 4) is 23.3 Å². The highest BCUT2D eigenvalue weighted by atomic mass is 16.5. The lowest BCUT2D eigenvalue weighted by atomic mass is 9.78. The third kappa shape index (κ3) is 14.8. The number of esters is 1. The summed E-state index contributed by atoms with van der Waals surface area (Å²) in [5.74, 6) is 3.06. The number of hydrogen-bond acceptors (Lipinski definition) is 5. The molecule has 2 aromatic carbocycles. The van der Waals surface area contributed by atoms with E-state index in [1.54, 1.807) is 30.3 Å². The van der Waals surface area contributed by atoms with E-state index in [1.165, 1.54) is 109 Å². The Morgan fingerprint density at radius 3 is 1.82 bits per heavy atom. The highest BCUT2D eigenvalue weighted by Gasteiger charge is 2.20. The Kier molecular flexibility index (Phi) is 18.2. The van der Waals surface area contributed by atoms with Crippen LogP contribution < -0.4 is 14.2 Å². The van der Waals surface area contributed by atoms with Crippen LogP contribution >= 0.6 is 0 Å². The number of carbonyl (C=O) groups excluding carboxylic acids is 1. The summed E-state index contributed by atoms with van der Waals surface area (Å²) in [5.41, 5.74) is 0.674. The summed E-state index contributed by atoms with van der Waals surface area (Å²) in [6, 6.07) is 14.3. The summed E-state index contributed by atoms with van der Waals surface area (Å²) < 4.78 is 17.4. The quantitative estimate of drug-likeness (QED) is 0.0705. The molecule has 0 heterocycles. The predicted molar refractivity (Wildman–Crippen MR) is 184 cm³/mol. The van der Waals surface area contributed by atoms with Crippen molar-refractivity contribution < 1.29 is 19.0 Å². The molecule has 1 aliphatic rings. The summed E-state index contributed by atoms with van der Waals surface area (Å²) in [7, 11) is 0. The summed E-state index contributed by atoms with van der Waals surface area (Å²) in [5, 5.41) is 9.64. The van der Waals surface area contributed by atoms with Crippen molar-refractivity contribution in [3.63, 3.8) is 0 Å². The monoisotopic (exact) mass is 617 g/mol. The smallest absolute Gasteiger partial charge is 0.343 e. The molecule has 248 valence electrons. The highest BCUT2D eigenvalue weighted by Crippen LogP contribution is 2.34. The fourth-order valence-electron chi connectivity index (χ4n) is 6.47. The molecule has 2 aromatic rings. The van der Waals surface area contributed by atoms with Gasteiger partial charge >= 0.3 is 5.97 Å². The van der Waals surface area contributed by atoms with Crippen LogP contribution in [0.25, 0.3) is 0 Å². The van der Waals surface area contributed by atoms with Crippen molar-refractivity contribution in [1.82, 2.24) is 0 Å². The maximum Gasteiger partial charge on any atom is 0.343 e. The molecule has 0 bridgehead atoms. The van der Waals surface area contributed by atoms with Crippen LogP contribution in [0.15, 0.2) is 42.5 Å². The molecule has 1 saturated carbocycles. The zero-order valence-electron chi connectivity index (χ0n) is 28.3. The lowest BCUT2D eigenvalue weighted by Crippen LogP contribution is -2.15. The molecule has 45 heavy (non-hydrogen) atoms. The van der Waals surface area contributed by atoms with Gasteiger partial charge in [0.25, 0.3) is 0 Å². The summed E-state index contributed by atoms with van der Waals surface area (Å²) >= 11 is 0.